The molecule has 3 N–H and O–H groups in total. The zero-order valence-electron chi connectivity index (χ0n) is 22.5. The van der Waals surface area contributed by atoms with Gasteiger partial charge in [-0.25, -0.2) is 8.42 Å². The van der Waals surface area contributed by atoms with Gasteiger partial charge in [0.25, 0.3) is 11.8 Å². The fourth-order valence-electron chi connectivity index (χ4n) is 5.16. The zero-order chi connectivity index (χ0) is 27.9. The van der Waals surface area contributed by atoms with Crippen molar-refractivity contribution in [3.05, 3.63) is 52.3 Å². The van der Waals surface area contributed by atoms with Crippen molar-refractivity contribution >= 4 is 21.7 Å². The third-order valence-electron chi connectivity index (χ3n) is 7.80. The SMILES string of the molecule is C[C@@H](N)CCC(C)(C)S(=O)(=O)C1(CN2CCc3c(C(=O)NCc4ccc(C#N)cc4)nn(C)c3C2=O)CC1. The molecule has 1 saturated carbocycles. The molecule has 1 aliphatic heterocycles. The summed E-state index contributed by atoms with van der Waals surface area (Å²) in [5.74, 6) is -0.688. The van der Waals surface area contributed by atoms with Crippen molar-refractivity contribution in [1.29, 1.82) is 5.26 Å². The standard InChI is InChI=1S/C27H36N6O4S/c1-18(29)9-11-26(2,3)38(36,37)27(12-13-27)17-33-14-10-21-22(31-32(4)23(21)25(33)35)24(34)30-16-20-7-5-19(15-28)6-8-20/h5-8,18H,9-14,16-17,29H2,1-4H3,(H,30,34)/t18-/m1/s1. The Kier molecular flexibility index (Phi) is 7.43. The lowest BCUT2D eigenvalue weighted by atomic mass is 10.0. The second kappa shape index (κ2) is 10.2. The first kappa shape index (κ1) is 27.8. The third-order valence-corrected chi connectivity index (χ3v) is 11.1. The van der Waals surface area contributed by atoms with Crippen molar-refractivity contribution in [1.82, 2.24) is 20.0 Å². The average molecular weight is 541 g/mol. The number of aryl methyl sites for hydroxylation is 1. The van der Waals surface area contributed by atoms with Crippen LogP contribution in [0.15, 0.2) is 24.3 Å². The Bertz CT molecular complexity index is 1380. The van der Waals surface area contributed by atoms with E-state index in [1.807, 2.05) is 6.92 Å². The third kappa shape index (κ3) is 5.07. The fraction of sp³-hybridized carbons (Fsp3) is 0.556. The van der Waals surface area contributed by atoms with Crippen LogP contribution in [0.4, 0.5) is 0 Å². The van der Waals surface area contributed by atoms with Gasteiger partial charge in [0.1, 0.15) is 5.69 Å². The molecule has 2 aromatic rings. The maximum atomic E-state index is 13.7. The van der Waals surface area contributed by atoms with Gasteiger partial charge in [0.2, 0.25) is 0 Å². The maximum Gasteiger partial charge on any atom is 0.272 e. The second-order valence-electron chi connectivity index (χ2n) is 11.2. The van der Waals surface area contributed by atoms with E-state index in [4.69, 9.17) is 11.0 Å². The van der Waals surface area contributed by atoms with Crippen molar-refractivity contribution in [2.45, 2.75) is 75.0 Å². The van der Waals surface area contributed by atoms with Crippen LogP contribution in [0.3, 0.4) is 0 Å². The molecule has 0 saturated heterocycles. The number of rotatable bonds is 10. The monoisotopic (exact) mass is 540 g/mol. The highest BCUT2D eigenvalue weighted by Gasteiger charge is 2.60. The Hall–Kier alpha value is -3.23. The molecule has 204 valence electrons. The van der Waals surface area contributed by atoms with E-state index < -0.39 is 19.3 Å². The summed E-state index contributed by atoms with van der Waals surface area (Å²) in [6.45, 7) is 6.10. The van der Waals surface area contributed by atoms with Gasteiger partial charge < -0.3 is 16.0 Å². The summed E-state index contributed by atoms with van der Waals surface area (Å²) >= 11 is 0. The number of sulfone groups is 1. The van der Waals surface area contributed by atoms with Gasteiger partial charge in [-0.1, -0.05) is 12.1 Å². The summed E-state index contributed by atoms with van der Waals surface area (Å²) < 4.78 is 26.9. The van der Waals surface area contributed by atoms with Crippen LogP contribution in [0, 0.1) is 11.3 Å². The topological polar surface area (TPSA) is 151 Å². The number of nitrogens with zero attached hydrogens (tertiary/aromatic N) is 4. The molecule has 1 aromatic carbocycles. The van der Waals surface area contributed by atoms with Crippen LogP contribution in [-0.2, 0) is 29.9 Å². The molecule has 1 aromatic heterocycles. The van der Waals surface area contributed by atoms with Crippen molar-refractivity contribution in [2.75, 3.05) is 13.1 Å². The predicted octanol–water partition coefficient (Wildman–Crippen LogP) is 2.07. The van der Waals surface area contributed by atoms with E-state index in [1.165, 1.54) is 4.68 Å². The van der Waals surface area contributed by atoms with Gasteiger partial charge in [-0.05, 0) is 70.6 Å². The Balaban J connectivity index is 1.47. The number of fused-ring (bicyclic) bond motifs is 1. The molecule has 1 aliphatic carbocycles. The smallest absolute Gasteiger partial charge is 0.272 e. The van der Waals surface area contributed by atoms with E-state index in [9.17, 15) is 18.0 Å². The molecule has 10 nitrogen and oxygen atoms in total. The van der Waals surface area contributed by atoms with Crippen LogP contribution in [0.2, 0.25) is 0 Å². The molecule has 2 aliphatic rings. The lowest BCUT2D eigenvalue weighted by Crippen LogP contribution is -2.50. The Morgan fingerprint density at radius 1 is 1.29 bits per heavy atom. The second-order valence-corrected chi connectivity index (χ2v) is 14.2. The molecule has 38 heavy (non-hydrogen) atoms. The molecule has 0 bridgehead atoms. The predicted molar refractivity (Wildman–Crippen MR) is 143 cm³/mol. The van der Waals surface area contributed by atoms with Gasteiger partial charge in [0, 0.05) is 38.3 Å². The molecular formula is C27H36N6O4S. The van der Waals surface area contributed by atoms with E-state index in [2.05, 4.69) is 16.5 Å². The minimum Gasteiger partial charge on any atom is -0.347 e. The summed E-state index contributed by atoms with van der Waals surface area (Å²) in [6, 6.07) is 8.89. The number of hydrogen-bond donors (Lipinski definition) is 2. The van der Waals surface area contributed by atoms with E-state index >= 15 is 0 Å². The van der Waals surface area contributed by atoms with Crippen LogP contribution < -0.4 is 11.1 Å². The van der Waals surface area contributed by atoms with Crippen molar-refractivity contribution in [3.63, 3.8) is 0 Å². The first-order chi connectivity index (χ1) is 17.8. The summed E-state index contributed by atoms with van der Waals surface area (Å²) in [5.41, 5.74) is 8.36. The number of benzene rings is 1. The van der Waals surface area contributed by atoms with Gasteiger partial charge in [-0.2, -0.15) is 10.4 Å². The number of carbonyl (C=O) groups is 2. The van der Waals surface area contributed by atoms with Crippen LogP contribution in [0.1, 0.15) is 84.1 Å². The largest absolute Gasteiger partial charge is 0.347 e. The average Bonchev–Trinajstić information content (AvgIpc) is 3.59. The summed E-state index contributed by atoms with van der Waals surface area (Å²) in [4.78, 5) is 28.1. The van der Waals surface area contributed by atoms with E-state index in [-0.39, 0.29) is 36.6 Å². The quantitative estimate of drug-likeness (QED) is 0.468. The zero-order valence-corrected chi connectivity index (χ0v) is 23.3. The van der Waals surface area contributed by atoms with Crippen LogP contribution in [-0.4, -0.2) is 63.5 Å². The molecule has 11 heteroatoms. The first-order valence-corrected chi connectivity index (χ1v) is 14.4. The van der Waals surface area contributed by atoms with Gasteiger partial charge >= 0.3 is 0 Å². The summed E-state index contributed by atoms with van der Waals surface area (Å²) in [6.07, 6.45) is 2.55. The highest BCUT2D eigenvalue weighted by Crippen LogP contribution is 2.50. The number of aromatic nitrogens is 2. The number of nitrogens with one attached hydrogen (secondary N) is 1. The highest BCUT2D eigenvalue weighted by atomic mass is 32.2. The van der Waals surface area contributed by atoms with Crippen LogP contribution in [0.5, 0.6) is 0 Å². The first-order valence-electron chi connectivity index (χ1n) is 12.9. The van der Waals surface area contributed by atoms with Crippen molar-refractivity contribution in [3.8, 4) is 6.07 Å². The lowest BCUT2D eigenvalue weighted by Gasteiger charge is -2.35. The number of hydrogen-bond acceptors (Lipinski definition) is 7. The van der Waals surface area contributed by atoms with E-state index in [1.54, 1.807) is 50.1 Å². The van der Waals surface area contributed by atoms with Gasteiger partial charge in [-0.3, -0.25) is 14.3 Å². The molecule has 0 spiro atoms. The summed E-state index contributed by atoms with van der Waals surface area (Å²) in [7, 11) is -1.91. The minimum absolute atomic E-state index is 0.0814. The van der Waals surface area contributed by atoms with E-state index in [0.717, 1.165) is 5.56 Å². The normalized spacial score (nSPS) is 17.5. The number of nitrogens with two attached hydrogens (primary N) is 1. The molecule has 2 heterocycles. The molecule has 1 atom stereocenters. The molecule has 0 unspecified atom stereocenters. The maximum absolute atomic E-state index is 13.7. The van der Waals surface area contributed by atoms with E-state index in [0.29, 0.717) is 55.5 Å². The van der Waals surface area contributed by atoms with Crippen molar-refractivity contribution < 1.29 is 18.0 Å². The molecular weight excluding hydrogens is 504 g/mol. The minimum atomic E-state index is -3.53. The van der Waals surface area contributed by atoms with Crippen molar-refractivity contribution in [2.24, 2.45) is 12.8 Å². The lowest BCUT2D eigenvalue weighted by molar-refractivity contribution is 0.0724. The number of nitriles is 1. The van der Waals surface area contributed by atoms with Crippen LogP contribution in [0.25, 0.3) is 0 Å². The highest BCUT2D eigenvalue weighted by molar-refractivity contribution is 7.94. The Labute approximate surface area is 224 Å². The Morgan fingerprint density at radius 3 is 2.53 bits per heavy atom. The molecule has 0 radical (unpaired) electrons. The fourth-order valence-corrected chi connectivity index (χ4v) is 7.69. The summed E-state index contributed by atoms with van der Waals surface area (Å²) in [5, 5.41) is 16.1. The molecule has 2 amide bonds. The molecule has 4 rings (SSSR count). The number of carbonyl (C=O) groups excluding carboxylic acids is 2. The van der Waals surface area contributed by atoms with Gasteiger partial charge in [0.05, 0.1) is 21.1 Å². The number of amides is 2. The van der Waals surface area contributed by atoms with Gasteiger partial charge in [0.15, 0.2) is 15.5 Å². The Morgan fingerprint density at radius 2 is 1.95 bits per heavy atom. The van der Waals surface area contributed by atoms with Gasteiger partial charge in [-0.15, -0.1) is 0 Å². The van der Waals surface area contributed by atoms with Crippen LogP contribution >= 0.6 is 0 Å². The molecule has 1 fully saturated rings.